The molecule has 0 amide bonds. The van der Waals surface area contributed by atoms with Gasteiger partial charge >= 0.3 is 5.97 Å². The molecule has 0 aliphatic heterocycles. The van der Waals surface area contributed by atoms with Crippen molar-refractivity contribution < 1.29 is 9.90 Å². The van der Waals surface area contributed by atoms with Crippen LogP contribution in [-0.4, -0.2) is 16.1 Å². The number of hydrogen-bond acceptors (Lipinski definition) is 2. The summed E-state index contributed by atoms with van der Waals surface area (Å²) < 4.78 is 0. The number of carbonyl (C=O) groups is 1. The first-order valence-electron chi connectivity index (χ1n) is 4.80. The Morgan fingerprint density at radius 2 is 2.06 bits per heavy atom. The first kappa shape index (κ1) is 10.9. The fourth-order valence-electron chi connectivity index (χ4n) is 1.73. The van der Waals surface area contributed by atoms with Crippen LogP contribution in [0.15, 0.2) is 18.2 Å². The third-order valence-electron chi connectivity index (χ3n) is 2.65. The Kier molecular flexibility index (Phi) is 2.56. The molecule has 0 fully saturated rings. The number of rotatable bonds is 1. The average Bonchev–Trinajstić information content (AvgIpc) is 2.20. The number of aromatic carboxylic acids is 1. The van der Waals surface area contributed by atoms with Crippen molar-refractivity contribution in [1.29, 1.82) is 0 Å². The maximum atomic E-state index is 11.2. The highest BCUT2D eigenvalue weighted by molar-refractivity contribution is 6.31. The number of aryl methyl sites for hydroxylation is 1. The highest BCUT2D eigenvalue weighted by Crippen LogP contribution is 2.25. The summed E-state index contributed by atoms with van der Waals surface area (Å²) in [6.45, 7) is 3.56. The van der Waals surface area contributed by atoms with Crippen molar-refractivity contribution in [1.82, 2.24) is 4.98 Å². The van der Waals surface area contributed by atoms with E-state index < -0.39 is 5.97 Å². The van der Waals surface area contributed by atoms with Gasteiger partial charge in [-0.25, -0.2) is 4.79 Å². The van der Waals surface area contributed by atoms with E-state index in [-0.39, 0.29) is 5.56 Å². The Bertz CT molecular complexity index is 593. The molecule has 0 atom stereocenters. The summed E-state index contributed by atoms with van der Waals surface area (Å²) in [7, 11) is 0. The smallest absolute Gasteiger partial charge is 0.336 e. The average molecular weight is 236 g/mol. The first-order valence-corrected chi connectivity index (χ1v) is 5.18. The molecule has 1 aromatic heterocycles. The van der Waals surface area contributed by atoms with Crippen molar-refractivity contribution in [2.45, 2.75) is 13.8 Å². The maximum Gasteiger partial charge on any atom is 0.336 e. The van der Waals surface area contributed by atoms with E-state index in [1.807, 2.05) is 0 Å². The lowest BCUT2D eigenvalue weighted by Gasteiger charge is -2.08. The van der Waals surface area contributed by atoms with Crippen LogP contribution in [0.25, 0.3) is 10.9 Å². The van der Waals surface area contributed by atoms with Crippen molar-refractivity contribution >= 4 is 28.5 Å². The van der Waals surface area contributed by atoms with E-state index >= 15 is 0 Å². The molecule has 82 valence electrons. The fourth-order valence-corrected chi connectivity index (χ4v) is 1.90. The van der Waals surface area contributed by atoms with Crippen LogP contribution in [0.4, 0.5) is 0 Å². The molecule has 0 aliphatic carbocycles. The first-order chi connectivity index (χ1) is 7.50. The molecule has 0 aliphatic rings. The van der Waals surface area contributed by atoms with Crippen molar-refractivity contribution in [2.75, 3.05) is 0 Å². The van der Waals surface area contributed by atoms with Crippen LogP contribution in [0.2, 0.25) is 5.02 Å². The molecule has 2 rings (SSSR count). The second kappa shape index (κ2) is 3.76. The summed E-state index contributed by atoms with van der Waals surface area (Å²) in [6.07, 6.45) is 0. The molecule has 0 saturated carbocycles. The summed E-state index contributed by atoms with van der Waals surface area (Å²) >= 11 is 5.87. The predicted octanol–water partition coefficient (Wildman–Crippen LogP) is 3.20. The summed E-state index contributed by atoms with van der Waals surface area (Å²) in [6, 6.07) is 5.08. The highest BCUT2D eigenvalue weighted by Gasteiger charge is 2.15. The van der Waals surface area contributed by atoms with Crippen molar-refractivity contribution in [3.05, 3.63) is 40.0 Å². The minimum atomic E-state index is -0.949. The van der Waals surface area contributed by atoms with E-state index in [0.717, 1.165) is 5.69 Å². The summed E-state index contributed by atoms with van der Waals surface area (Å²) in [5.74, 6) is -0.949. The molecule has 1 heterocycles. The lowest BCUT2D eigenvalue weighted by molar-refractivity contribution is 0.0698. The topological polar surface area (TPSA) is 50.2 Å². The molecule has 1 aromatic carbocycles. The number of hydrogen-bond donors (Lipinski definition) is 1. The largest absolute Gasteiger partial charge is 0.478 e. The van der Waals surface area contributed by atoms with Gasteiger partial charge in [-0.3, -0.25) is 4.98 Å². The Morgan fingerprint density at radius 3 is 2.69 bits per heavy atom. The van der Waals surface area contributed by atoms with E-state index in [0.29, 0.717) is 21.5 Å². The fraction of sp³-hybridized carbons (Fsp3) is 0.167. The van der Waals surface area contributed by atoms with E-state index in [4.69, 9.17) is 11.6 Å². The number of fused-ring (bicyclic) bond motifs is 1. The quantitative estimate of drug-likeness (QED) is 0.826. The molecular formula is C12H10ClNO2. The molecule has 2 aromatic rings. The zero-order valence-electron chi connectivity index (χ0n) is 8.91. The van der Waals surface area contributed by atoms with Crippen LogP contribution < -0.4 is 0 Å². The minimum Gasteiger partial charge on any atom is -0.478 e. The van der Waals surface area contributed by atoms with E-state index in [1.165, 1.54) is 0 Å². The van der Waals surface area contributed by atoms with Gasteiger partial charge in [-0.2, -0.15) is 0 Å². The second-order valence-corrected chi connectivity index (χ2v) is 4.10. The van der Waals surface area contributed by atoms with Crippen LogP contribution in [0.3, 0.4) is 0 Å². The van der Waals surface area contributed by atoms with Gasteiger partial charge in [0.2, 0.25) is 0 Å². The van der Waals surface area contributed by atoms with Crippen LogP contribution in [-0.2, 0) is 0 Å². The molecule has 4 heteroatoms. The second-order valence-electron chi connectivity index (χ2n) is 3.66. The number of pyridine rings is 1. The molecule has 0 unspecified atom stereocenters. The summed E-state index contributed by atoms with van der Waals surface area (Å²) in [5, 5.41) is 10.3. The van der Waals surface area contributed by atoms with Gasteiger partial charge in [0, 0.05) is 16.1 Å². The SMILES string of the molecule is Cc1nc2ccc(Cl)cc2c(C(=O)O)c1C. The van der Waals surface area contributed by atoms with Crippen LogP contribution in [0, 0.1) is 13.8 Å². The molecule has 3 nitrogen and oxygen atoms in total. The molecule has 0 spiro atoms. The van der Waals surface area contributed by atoms with Crippen molar-refractivity contribution in [3.8, 4) is 0 Å². The number of carboxylic acid groups (broad SMARTS) is 1. The van der Waals surface area contributed by atoms with Gasteiger partial charge in [0.1, 0.15) is 0 Å². The van der Waals surface area contributed by atoms with E-state index in [9.17, 15) is 9.90 Å². The Labute approximate surface area is 97.7 Å². The zero-order valence-corrected chi connectivity index (χ0v) is 9.67. The lowest BCUT2D eigenvalue weighted by Crippen LogP contribution is -2.04. The number of halogens is 1. The van der Waals surface area contributed by atoms with Gasteiger partial charge in [0.05, 0.1) is 11.1 Å². The standard InChI is InChI=1S/C12H10ClNO2/c1-6-7(2)14-10-4-3-8(13)5-9(10)11(6)12(15)16/h3-5H,1-2H3,(H,15,16). The molecule has 0 saturated heterocycles. The zero-order chi connectivity index (χ0) is 11.9. The summed E-state index contributed by atoms with van der Waals surface area (Å²) in [4.78, 5) is 15.6. The van der Waals surface area contributed by atoms with Crippen LogP contribution >= 0.6 is 11.6 Å². The third kappa shape index (κ3) is 1.63. The lowest BCUT2D eigenvalue weighted by atomic mass is 10.0. The van der Waals surface area contributed by atoms with Gasteiger partial charge < -0.3 is 5.11 Å². The molecule has 0 radical (unpaired) electrons. The molecule has 1 N–H and O–H groups in total. The van der Waals surface area contributed by atoms with Crippen LogP contribution in [0.1, 0.15) is 21.6 Å². The van der Waals surface area contributed by atoms with Gasteiger partial charge in [-0.05, 0) is 37.6 Å². The normalized spacial score (nSPS) is 10.7. The predicted molar refractivity (Wildman–Crippen MR) is 63.2 cm³/mol. The summed E-state index contributed by atoms with van der Waals surface area (Å²) in [5.41, 5.74) is 2.35. The van der Waals surface area contributed by atoms with Gasteiger partial charge in [0.15, 0.2) is 0 Å². The monoisotopic (exact) mass is 235 g/mol. The Hall–Kier alpha value is -1.61. The van der Waals surface area contributed by atoms with Crippen molar-refractivity contribution in [2.24, 2.45) is 0 Å². The van der Waals surface area contributed by atoms with Crippen molar-refractivity contribution in [3.63, 3.8) is 0 Å². The molecule has 0 bridgehead atoms. The number of benzene rings is 1. The highest BCUT2D eigenvalue weighted by atomic mass is 35.5. The van der Waals surface area contributed by atoms with Gasteiger partial charge in [0.25, 0.3) is 0 Å². The third-order valence-corrected chi connectivity index (χ3v) is 2.88. The van der Waals surface area contributed by atoms with Crippen LogP contribution in [0.5, 0.6) is 0 Å². The maximum absolute atomic E-state index is 11.2. The minimum absolute atomic E-state index is 0.282. The number of nitrogens with zero attached hydrogens (tertiary/aromatic N) is 1. The Morgan fingerprint density at radius 1 is 1.38 bits per heavy atom. The van der Waals surface area contributed by atoms with Gasteiger partial charge in [-0.15, -0.1) is 0 Å². The Balaban J connectivity index is 2.96. The van der Waals surface area contributed by atoms with Gasteiger partial charge in [-0.1, -0.05) is 11.6 Å². The van der Waals surface area contributed by atoms with E-state index in [1.54, 1.807) is 32.0 Å². The van der Waals surface area contributed by atoms with E-state index in [2.05, 4.69) is 4.98 Å². The molecular weight excluding hydrogens is 226 g/mol. The number of aromatic nitrogens is 1. The number of carboxylic acids is 1. The molecule has 16 heavy (non-hydrogen) atoms.